The highest BCUT2D eigenvalue weighted by Crippen LogP contribution is 2.23. The molecule has 0 aromatic heterocycles. The normalized spacial score (nSPS) is 10.2. The van der Waals surface area contributed by atoms with E-state index in [0.717, 1.165) is 0 Å². The molecule has 2 aromatic carbocycles. The maximum atomic E-state index is 12.6. The van der Waals surface area contributed by atoms with Crippen molar-refractivity contribution in [2.75, 3.05) is 5.06 Å². The molecule has 0 bridgehead atoms. The Kier molecular flexibility index (Phi) is 2.83. The van der Waals surface area contributed by atoms with Crippen molar-refractivity contribution < 1.29 is 14.0 Å². The van der Waals surface area contributed by atoms with E-state index in [2.05, 4.69) is 0 Å². The molecule has 0 aliphatic heterocycles. The Hall–Kier alpha value is -1.94. The SMILES string of the molecule is [O]N(c1ccc(F)cc1)c1ccc(F)cc1. The van der Waals surface area contributed by atoms with Crippen LogP contribution in [0.5, 0.6) is 0 Å². The monoisotopic (exact) mass is 220 g/mol. The highest BCUT2D eigenvalue weighted by atomic mass is 19.1. The fourth-order valence-electron chi connectivity index (χ4n) is 1.30. The molecule has 16 heavy (non-hydrogen) atoms. The third kappa shape index (κ3) is 2.17. The van der Waals surface area contributed by atoms with Crippen LogP contribution in [0.25, 0.3) is 0 Å². The van der Waals surface area contributed by atoms with E-state index in [1.54, 1.807) is 0 Å². The van der Waals surface area contributed by atoms with Crippen LogP contribution in [-0.4, -0.2) is 0 Å². The largest absolute Gasteiger partial charge is 0.207 e. The van der Waals surface area contributed by atoms with E-state index in [9.17, 15) is 14.0 Å². The summed E-state index contributed by atoms with van der Waals surface area (Å²) in [7, 11) is 0. The van der Waals surface area contributed by atoms with Gasteiger partial charge >= 0.3 is 0 Å². The fraction of sp³-hybridized carbons (Fsp3) is 0. The van der Waals surface area contributed by atoms with Gasteiger partial charge in [-0.05, 0) is 48.5 Å². The molecular formula is C12H8F2NO. The Morgan fingerprint density at radius 3 is 1.31 bits per heavy atom. The van der Waals surface area contributed by atoms with Gasteiger partial charge in [0.05, 0.1) is 11.4 Å². The Balaban J connectivity index is 2.28. The molecule has 0 atom stereocenters. The van der Waals surface area contributed by atoms with E-state index in [1.807, 2.05) is 0 Å². The highest BCUT2D eigenvalue weighted by molar-refractivity contribution is 5.59. The maximum Gasteiger partial charge on any atom is 0.123 e. The minimum Gasteiger partial charge on any atom is -0.207 e. The van der Waals surface area contributed by atoms with Crippen molar-refractivity contribution in [3.05, 3.63) is 60.2 Å². The lowest BCUT2D eigenvalue weighted by molar-refractivity contribution is 0.196. The van der Waals surface area contributed by atoms with Gasteiger partial charge in [0.2, 0.25) is 0 Å². The second-order valence-electron chi connectivity index (χ2n) is 3.25. The molecule has 2 rings (SSSR count). The maximum absolute atomic E-state index is 12.6. The lowest BCUT2D eigenvalue weighted by Crippen LogP contribution is -2.08. The fourth-order valence-corrected chi connectivity index (χ4v) is 1.30. The van der Waals surface area contributed by atoms with Gasteiger partial charge in [-0.2, -0.15) is 5.06 Å². The van der Waals surface area contributed by atoms with Crippen LogP contribution in [0.2, 0.25) is 0 Å². The van der Waals surface area contributed by atoms with Gasteiger partial charge in [-0.15, -0.1) is 0 Å². The van der Waals surface area contributed by atoms with Crippen LogP contribution in [0.15, 0.2) is 48.5 Å². The van der Waals surface area contributed by atoms with E-state index < -0.39 is 11.6 Å². The molecular weight excluding hydrogens is 212 g/mol. The predicted octanol–water partition coefficient (Wildman–Crippen LogP) is 3.45. The zero-order valence-corrected chi connectivity index (χ0v) is 8.23. The number of halogens is 2. The van der Waals surface area contributed by atoms with Crippen LogP contribution in [0.3, 0.4) is 0 Å². The average Bonchev–Trinajstić information content (AvgIpc) is 2.30. The number of hydrogen-bond acceptors (Lipinski definition) is 1. The minimum atomic E-state index is -0.406. The average molecular weight is 220 g/mol. The van der Waals surface area contributed by atoms with Gasteiger partial charge in [-0.3, -0.25) is 0 Å². The standard InChI is InChI=1S/C12H8F2NO/c13-9-1-5-11(6-2-9)15(16)12-7-3-10(14)4-8-12/h1-8H. The molecule has 4 heteroatoms. The predicted molar refractivity (Wildman–Crippen MR) is 55.6 cm³/mol. The van der Waals surface area contributed by atoms with Gasteiger partial charge in [0.15, 0.2) is 0 Å². The molecule has 0 N–H and O–H groups in total. The Morgan fingerprint density at radius 2 is 1.00 bits per heavy atom. The number of hydrogen-bond donors (Lipinski definition) is 0. The van der Waals surface area contributed by atoms with Gasteiger partial charge in [0, 0.05) is 0 Å². The summed E-state index contributed by atoms with van der Waals surface area (Å²) in [5, 5.41) is 12.4. The van der Waals surface area contributed by atoms with E-state index in [-0.39, 0.29) is 0 Å². The van der Waals surface area contributed by atoms with Crippen molar-refractivity contribution in [2.24, 2.45) is 0 Å². The smallest absolute Gasteiger partial charge is 0.123 e. The summed E-state index contributed by atoms with van der Waals surface area (Å²) in [6.07, 6.45) is 0. The van der Waals surface area contributed by atoms with Gasteiger partial charge in [0.1, 0.15) is 11.6 Å². The van der Waals surface area contributed by atoms with Crippen LogP contribution in [0.4, 0.5) is 20.2 Å². The van der Waals surface area contributed by atoms with Crippen LogP contribution >= 0.6 is 0 Å². The Labute approximate surface area is 91.3 Å². The molecule has 0 fully saturated rings. The lowest BCUT2D eigenvalue weighted by Gasteiger charge is -2.13. The van der Waals surface area contributed by atoms with Gasteiger partial charge in [0.25, 0.3) is 0 Å². The molecule has 1 radical (unpaired) electrons. The van der Waals surface area contributed by atoms with Gasteiger partial charge in [-0.1, -0.05) is 5.21 Å². The highest BCUT2D eigenvalue weighted by Gasteiger charge is 2.07. The molecule has 81 valence electrons. The molecule has 2 aromatic rings. The molecule has 0 amide bonds. The zero-order valence-electron chi connectivity index (χ0n) is 8.23. The second kappa shape index (κ2) is 4.28. The first kappa shape index (κ1) is 10.6. The van der Waals surface area contributed by atoms with Crippen LogP contribution in [0, 0.1) is 11.6 Å². The molecule has 0 aliphatic rings. The quantitative estimate of drug-likeness (QED) is 0.711. The first-order valence-electron chi connectivity index (χ1n) is 4.65. The van der Waals surface area contributed by atoms with E-state index in [0.29, 0.717) is 16.4 Å². The molecule has 0 heterocycles. The van der Waals surface area contributed by atoms with Crippen molar-refractivity contribution in [3.8, 4) is 0 Å². The van der Waals surface area contributed by atoms with Crippen molar-refractivity contribution in [2.45, 2.75) is 0 Å². The van der Waals surface area contributed by atoms with Crippen LogP contribution in [-0.2, 0) is 5.21 Å². The van der Waals surface area contributed by atoms with Crippen molar-refractivity contribution in [1.82, 2.24) is 0 Å². The van der Waals surface area contributed by atoms with Crippen molar-refractivity contribution in [1.29, 1.82) is 0 Å². The summed E-state index contributed by atoms with van der Waals surface area (Å²) in [5.41, 5.74) is 0.598. The molecule has 2 nitrogen and oxygen atoms in total. The summed E-state index contributed by atoms with van der Waals surface area (Å²) < 4.78 is 25.3. The van der Waals surface area contributed by atoms with E-state index >= 15 is 0 Å². The van der Waals surface area contributed by atoms with Crippen LogP contribution in [0.1, 0.15) is 0 Å². The van der Waals surface area contributed by atoms with E-state index in [4.69, 9.17) is 0 Å². The van der Waals surface area contributed by atoms with Crippen LogP contribution < -0.4 is 5.06 Å². The molecule has 0 unspecified atom stereocenters. The first-order chi connectivity index (χ1) is 7.66. The number of nitrogens with zero attached hydrogens (tertiary/aromatic N) is 1. The number of anilines is 2. The minimum absolute atomic E-state index is 0.299. The Bertz CT molecular complexity index is 422. The Morgan fingerprint density at radius 1 is 0.688 bits per heavy atom. The third-order valence-electron chi connectivity index (χ3n) is 2.12. The zero-order chi connectivity index (χ0) is 11.5. The number of rotatable bonds is 2. The molecule has 0 spiro atoms. The summed E-state index contributed by atoms with van der Waals surface area (Å²) in [6.45, 7) is 0. The van der Waals surface area contributed by atoms with Crippen molar-refractivity contribution >= 4 is 11.4 Å². The molecule has 0 saturated heterocycles. The van der Waals surface area contributed by atoms with Crippen molar-refractivity contribution in [3.63, 3.8) is 0 Å². The number of benzene rings is 2. The first-order valence-corrected chi connectivity index (χ1v) is 4.65. The second-order valence-corrected chi connectivity index (χ2v) is 3.25. The summed E-state index contributed by atoms with van der Waals surface area (Å²) >= 11 is 0. The lowest BCUT2D eigenvalue weighted by atomic mass is 10.2. The summed E-state index contributed by atoms with van der Waals surface area (Å²) in [5.74, 6) is -0.812. The summed E-state index contributed by atoms with van der Waals surface area (Å²) in [6, 6.07) is 10.3. The third-order valence-corrected chi connectivity index (χ3v) is 2.12. The molecule has 0 aliphatic carbocycles. The topological polar surface area (TPSA) is 23.1 Å². The molecule has 0 saturated carbocycles. The van der Waals surface area contributed by atoms with Gasteiger partial charge in [-0.25, -0.2) is 8.78 Å². The summed E-state index contributed by atoms with van der Waals surface area (Å²) in [4.78, 5) is 0. The van der Waals surface area contributed by atoms with E-state index in [1.165, 1.54) is 48.5 Å². The van der Waals surface area contributed by atoms with Gasteiger partial charge < -0.3 is 0 Å².